The van der Waals surface area contributed by atoms with E-state index in [4.69, 9.17) is 15.2 Å². The molecule has 2 rings (SSSR count). The largest absolute Gasteiger partial charge is 0.474 e. The van der Waals surface area contributed by atoms with E-state index in [0.717, 1.165) is 25.9 Å². The lowest BCUT2D eigenvalue weighted by atomic mass is 10.1. The first-order valence-corrected chi connectivity index (χ1v) is 6.15. The molecule has 0 saturated carbocycles. The average Bonchev–Trinajstić information content (AvgIpc) is 2.32. The summed E-state index contributed by atoms with van der Waals surface area (Å²) in [5.41, 5.74) is 5.72. The number of methoxy groups -OCH3 is 1. The Balaban J connectivity index is 2.00. The molecule has 1 aromatic heterocycles. The van der Waals surface area contributed by atoms with Gasteiger partial charge in [-0.1, -0.05) is 0 Å². The highest BCUT2D eigenvalue weighted by Crippen LogP contribution is 2.18. The van der Waals surface area contributed by atoms with Gasteiger partial charge in [0, 0.05) is 26.3 Å². The molecule has 0 bridgehead atoms. The maximum Gasteiger partial charge on any atom is 0.219 e. The van der Waals surface area contributed by atoms with Gasteiger partial charge in [0.1, 0.15) is 18.5 Å². The fourth-order valence-corrected chi connectivity index (χ4v) is 2.02. The van der Waals surface area contributed by atoms with Crippen molar-refractivity contribution >= 4 is 5.82 Å². The van der Waals surface area contributed by atoms with Gasteiger partial charge in [-0.2, -0.15) is 4.98 Å². The van der Waals surface area contributed by atoms with Crippen molar-refractivity contribution < 1.29 is 9.47 Å². The number of rotatable bonds is 4. The molecule has 2 N–H and O–H groups in total. The lowest BCUT2D eigenvalue weighted by Gasteiger charge is -2.28. The van der Waals surface area contributed by atoms with Gasteiger partial charge >= 0.3 is 0 Å². The van der Waals surface area contributed by atoms with Crippen molar-refractivity contribution in [1.82, 2.24) is 14.9 Å². The van der Waals surface area contributed by atoms with Gasteiger partial charge < -0.3 is 20.1 Å². The highest BCUT2D eigenvalue weighted by Gasteiger charge is 2.18. The highest BCUT2D eigenvalue weighted by atomic mass is 16.5. The molecule has 1 saturated heterocycles. The predicted octanol–water partition coefficient (Wildman–Crippen LogP) is 0.678. The second-order valence-electron chi connectivity index (χ2n) is 4.60. The van der Waals surface area contributed by atoms with Gasteiger partial charge in [-0.25, -0.2) is 4.98 Å². The van der Waals surface area contributed by atoms with Crippen molar-refractivity contribution in [2.24, 2.45) is 0 Å². The molecule has 2 heterocycles. The van der Waals surface area contributed by atoms with Crippen LogP contribution in [0.25, 0.3) is 0 Å². The van der Waals surface area contributed by atoms with Gasteiger partial charge in [0.2, 0.25) is 5.88 Å². The van der Waals surface area contributed by atoms with Gasteiger partial charge in [0.15, 0.2) is 5.82 Å². The molecule has 18 heavy (non-hydrogen) atoms. The van der Waals surface area contributed by atoms with Gasteiger partial charge in [-0.3, -0.25) is 0 Å². The molecule has 0 aliphatic carbocycles. The van der Waals surface area contributed by atoms with E-state index in [0.29, 0.717) is 24.1 Å². The third-order valence-electron chi connectivity index (χ3n) is 3.00. The fourth-order valence-electron chi connectivity index (χ4n) is 2.02. The summed E-state index contributed by atoms with van der Waals surface area (Å²) in [5, 5.41) is 0. The zero-order chi connectivity index (χ0) is 13.0. The van der Waals surface area contributed by atoms with Gasteiger partial charge in [-0.15, -0.1) is 0 Å². The van der Waals surface area contributed by atoms with Crippen LogP contribution in [0.5, 0.6) is 5.88 Å². The van der Waals surface area contributed by atoms with E-state index in [1.54, 1.807) is 13.2 Å². The van der Waals surface area contributed by atoms with E-state index in [9.17, 15) is 0 Å². The Labute approximate surface area is 107 Å². The third-order valence-corrected chi connectivity index (χ3v) is 3.00. The SMILES string of the molecule is COCc1nc(N)cc(OC2CCN(C)CC2)n1. The summed E-state index contributed by atoms with van der Waals surface area (Å²) in [6.07, 6.45) is 2.24. The number of ether oxygens (including phenoxy) is 2. The van der Waals surface area contributed by atoms with Crippen LogP contribution in [0.4, 0.5) is 5.82 Å². The summed E-state index contributed by atoms with van der Waals surface area (Å²) >= 11 is 0. The average molecular weight is 252 g/mol. The van der Waals surface area contributed by atoms with Crippen molar-refractivity contribution in [2.75, 3.05) is 33.0 Å². The molecule has 0 atom stereocenters. The van der Waals surface area contributed by atoms with E-state index in [-0.39, 0.29) is 6.10 Å². The van der Waals surface area contributed by atoms with E-state index in [1.165, 1.54) is 0 Å². The summed E-state index contributed by atoms with van der Waals surface area (Å²) in [4.78, 5) is 10.7. The molecule has 1 aliphatic heterocycles. The highest BCUT2D eigenvalue weighted by molar-refractivity contribution is 5.32. The molecular formula is C12H20N4O2. The maximum atomic E-state index is 5.86. The molecule has 0 aromatic carbocycles. The van der Waals surface area contributed by atoms with Crippen molar-refractivity contribution in [3.05, 3.63) is 11.9 Å². The second kappa shape index (κ2) is 5.97. The molecule has 0 amide bonds. The summed E-state index contributed by atoms with van der Waals surface area (Å²) < 4.78 is 10.9. The normalized spacial score (nSPS) is 17.9. The maximum absolute atomic E-state index is 5.86. The molecule has 1 fully saturated rings. The van der Waals surface area contributed by atoms with Crippen LogP contribution in [0.2, 0.25) is 0 Å². The lowest BCUT2D eigenvalue weighted by molar-refractivity contribution is 0.108. The first kappa shape index (κ1) is 13.0. The minimum Gasteiger partial charge on any atom is -0.474 e. The van der Waals surface area contributed by atoms with Crippen LogP contribution in [0.15, 0.2) is 6.07 Å². The van der Waals surface area contributed by atoms with Crippen LogP contribution >= 0.6 is 0 Å². The number of anilines is 1. The summed E-state index contributed by atoms with van der Waals surface area (Å²) in [5.74, 6) is 1.52. The van der Waals surface area contributed by atoms with Crippen LogP contribution in [-0.2, 0) is 11.3 Å². The Morgan fingerprint density at radius 3 is 2.78 bits per heavy atom. The van der Waals surface area contributed by atoms with E-state index in [1.807, 2.05) is 0 Å². The van der Waals surface area contributed by atoms with Crippen molar-refractivity contribution in [3.63, 3.8) is 0 Å². The minimum absolute atomic E-state index is 0.214. The molecule has 0 radical (unpaired) electrons. The Morgan fingerprint density at radius 2 is 2.11 bits per heavy atom. The Morgan fingerprint density at radius 1 is 1.39 bits per heavy atom. The van der Waals surface area contributed by atoms with Crippen LogP contribution < -0.4 is 10.5 Å². The van der Waals surface area contributed by atoms with Gasteiger partial charge in [0.25, 0.3) is 0 Å². The topological polar surface area (TPSA) is 73.5 Å². The van der Waals surface area contributed by atoms with E-state index < -0.39 is 0 Å². The summed E-state index contributed by atoms with van der Waals surface area (Å²) in [6.45, 7) is 2.45. The van der Waals surface area contributed by atoms with Crippen molar-refractivity contribution in [2.45, 2.75) is 25.6 Å². The molecule has 1 aliphatic rings. The van der Waals surface area contributed by atoms with Gasteiger partial charge in [-0.05, 0) is 19.9 Å². The number of nitrogens with zero attached hydrogens (tertiary/aromatic N) is 3. The number of hydrogen-bond donors (Lipinski definition) is 1. The van der Waals surface area contributed by atoms with E-state index in [2.05, 4.69) is 21.9 Å². The molecule has 1 aromatic rings. The molecule has 0 spiro atoms. The standard InChI is InChI=1S/C12H20N4O2/c1-16-5-3-9(4-6-16)18-12-7-10(13)14-11(15-12)8-17-2/h7,9H,3-6,8H2,1-2H3,(H2,13,14,15). The monoisotopic (exact) mass is 252 g/mol. The molecule has 6 nitrogen and oxygen atoms in total. The zero-order valence-electron chi connectivity index (χ0n) is 10.9. The Bertz CT molecular complexity index is 392. The molecule has 0 unspecified atom stereocenters. The Kier molecular flexibility index (Phi) is 4.33. The number of hydrogen-bond acceptors (Lipinski definition) is 6. The van der Waals surface area contributed by atoms with Gasteiger partial charge in [0.05, 0.1) is 0 Å². The summed E-state index contributed by atoms with van der Waals surface area (Å²) in [7, 11) is 3.72. The number of nitrogens with two attached hydrogens (primary N) is 1. The lowest BCUT2D eigenvalue weighted by Crippen LogP contribution is -2.35. The quantitative estimate of drug-likeness (QED) is 0.849. The summed E-state index contributed by atoms with van der Waals surface area (Å²) in [6, 6.07) is 1.66. The molecule has 6 heteroatoms. The number of nitrogen functional groups attached to an aromatic ring is 1. The molecule has 100 valence electrons. The third kappa shape index (κ3) is 3.54. The Hall–Kier alpha value is -1.40. The predicted molar refractivity (Wildman–Crippen MR) is 68.3 cm³/mol. The first-order valence-electron chi connectivity index (χ1n) is 6.15. The number of likely N-dealkylation sites (tertiary alicyclic amines) is 1. The second-order valence-corrected chi connectivity index (χ2v) is 4.60. The number of aromatic nitrogens is 2. The van der Waals surface area contributed by atoms with Crippen LogP contribution in [-0.4, -0.2) is 48.2 Å². The molecular weight excluding hydrogens is 232 g/mol. The van der Waals surface area contributed by atoms with Crippen LogP contribution in [0, 0.1) is 0 Å². The first-order chi connectivity index (χ1) is 8.67. The van der Waals surface area contributed by atoms with E-state index >= 15 is 0 Å². The van der Waals surface area contributed by atoms with Crippen molar-refractivity contribution in [3.8, 4) is 5.88 Å². The fraction of sp³-hybridized carbons (Fsp3) is 0.667. The van der Waals surface area contributed by atoms with Crippen molar-refractivity contribution in [1.29, 1.82) is 0 Å². The van der Waals surface area contributed by atoms with Crippen LogP contribution in [0.1, 0.15) is 18.7 Å². The van der Waals surface area contributed by atoms with Crippen LogP contribution in [0.3, 0.4) is 0 Å². The minimum atomic E-state index is 0.214. The zero-order valence-corrected chi connectivity index (χ0v) is 10.9. The number of piperidine rings is 1. The smallest absolute Gasteiger partial charge is 0.219 e.